The van der Waals surface area contributed by atoms with Crippen molar-refractivity contribution in [1.29, 1.82) is 0 Å². The normalized spacial score (nSPS) is 24.4. The van der Waals surface area contributed by atoms with Gasteiger partial charge in [0.05, 0.1) is 17.5 Å². The first-order chi connectivity index (χ1) is 12.5. The Balaban J connectivity index is 1.44. The average molecular weight is 378 g/mol. The Hall–Kier alpha value is -2.27. The third kappa shape index (κ3) is 3.49. The first-order valence-electron chi connectivity index (χ1n) is 8.62. The zero-order valence-electron chi connectivity index (χ0n) is 14.5. The Kier molecular flexibility index (Phi) is 4.49. The fourth-order valence-electron chi connectivity index (χ4n) is 3.58. The summed E-state index contributed by atoms with van der Waals surface area (Å²) in [4.78, 5) is 15.1. The van der Waals surface area contributed by atoms with E-state index in [9.17, 15) is 8.42 Å². The van der Waals surface area contributed by atoms with Gasteiger partial charge in [0.15, 0.2) is 9.84 Å². The standard InChI is InChI=1S/C15H22N8O2S/c1-22-13(19-10-20-22)2-4-17-15-18-5-3-14(21-15)23-7-6-16-11-8-26(24,25)9-12(11)23/h3,5,10-12,16H,2,4,6-9H2,1H3,(H,17,18,21)/t11-,12+/m0/s1. The van der Waals surface area contributed by atoms with Crippen molar-refractivity contribution < 1.29 is 8.42 Å². The molecule has 2 N–H and O–H groups in total. The largest absolute Gasteiger partial charge is 0.354 e. The lowest BCUT2D eigenvalue weighted by Gasteiger charge is -2.38. The molecule has 0 saturated carbocycles. The molecule has 10 nitrogen and oxygen atoms in total. The topological polar surface area (TPSA) is 118 Å². The smallest absolute Gasteiger partial charge is 0.224 e. The number of hydrogen-bond acceptors (Lipinski definition) is 9. The maximum absolute atomic E-state index is 12.0. The summed E-state index contributed by atoms with van der Waals surface area (Å²) in [5.41, 5.74) is 0. The van der Waals surface area contributed by atoms with Crippen molar-refractivity contribution in [3.63, 3.8) is 0 Å². The van der Waals surface area contributed by atoms with Crippen LogP contribution in [-0.4, -0.2) is 76.4 Å². The van der Waals surface area contributed by atoms with Gasteiger partial charge in [-0.1, -0.05) is 0 Å². The summed E-state index contributed by atoms with van der Waals surface area (Å²) >= 11 is 0. The number of nitrogens with one attached hydrogen (secondary N) is 2. The lowest BCUT2D eigenvalue weighted by Crippen LogP contribution is -2.57. The van der Waals surface area contributed by atoms with Crippen molar-refractivity contribution in [2.45, 2.75) is 18.5 Å². The first-order valence-corrected chi connectivity index (χ1v) is 10.4. The Morgan fingerprint density at radius 3 is 3.04 bits per heavy atom. The fraction of sp³-hybridized carbons (Fsp3) is 0.600. The summed E-state index contributed by atoms with van der Waals surface area (Å²) in [6, 6.07) is 1.73. The number of anilines is 2. The molecule has 0 unspecified atom stereocenters. The molecule has 0 aliphatic carbocycles. The van der Waals surface area contributed by atoms with E-state index in [-0.39, 0.29) is 23.6 Å². The van der Waals surface area contributed by atoms with Gasteiger partial charge in [-0.05, 0) is 6.07 Å². The van der Waals surface area contributed by atoms with Crippen LogP contribution in [-0.2, 0) is 23.3 Å². The number of hydrogen-bond donors (Lipinski definition) is 2. The van der Waals surface area contributed by atoms with E-state index in [4.69, 9.17) is 0 Å². The van der Waals surface area contributed by atoms with E-state index in [1.807, 2.05) is 13.1 Å². The minimum atomic E-state index is -3.00. The van der Waals surface area contributed by atoms with Gasteiger partial charge in [-0.25, -0.2) is 18.4 Å². The molecule has 2 atom stereocenters. The van der Waals surface area contributed by atoms with Crippen molar-refractivity contribution in [3.05, 3.63) is 24.4 Å². The van der Waals surface area contributed by atoms with Crippen LogP contribution in [0.25, 0.3) is 0 Å². The molecule has 4 heterocycles. The molecule has 2 fully saturated rings. The molecule has 2 aliphatic heterocycles. The van der Waals surface area contributed by atoms with E-state index in [1.54, 1.807) is 10.9 Å². The maximum atomic E-state index is 12.0. The molecule has 2 aliphatic rings. The molecular weight excluding hydrogens is 356 g/mol. The quantitative estimate of drug-likeness (QED) is 0.664. The number of piperazine rings is 1. The Labute approximate surface area is 152 Å². The molecule has 26 heavy (non-hydrogen) atoms. The van der Waals surface area contributed by atoms with E-state index < -0.39 is 9.84 Å². The predicted molar refractivity (Wildman–Crippen MR) is 96.8 cm³/mol. The number of aryl methyl sites for hydroxylation is 1. The molecule has 0 aromatic carbocycles. The van der Waals surface area contributed by atoms with Gasteiger partial charge < -0.3 is 15.5 Å². The Bertz CT molecular complexity index is 883. The SMILES string of the molecule is Cn1ncnc1CCNc1nccc(N2CCN[C@H]3CS(=O)(=O)C[C@H]32)n1. The van der Waals surface area contributed by atoms with Crippen molar-refractivity contribution in [2.24, 2.45) is 7.05 Å². The van der Waals surface area contributed by atoms with Crippen LogP contribution in [0.15, 0.2) is 18.6 Å². The maximum Gasteiger partial charge on any atom is 0.224 e. The lowest BCUT2D eigenvalue weighted by molar-refractivity contribution is 0.423. The molecule has 0 radical (unpaired) electrons. The Morgan fingerprint density at radius 1 is 1.35 bits per heavy atom. The second kappa shape index (κ2) is 6.80. The number of sulfone groups is 1. The average Bonchev–Trinajstić information content (AvgIpc) is 3.16. The van der Waals surface area contributed by atoms with E-state index in [1.165, 1.54) is 6.33 Å². The van der Waals surface area contributed by atoms with Crippen molar-refractivity contribution in [3.8, 4) is 0 Å². The highest BCUT2D eigenvalue weighted by Crippen LogP contribution is 2.25. The summed E-state index contributed by atoms with van der Waals surface area (Å²) in [7, 11) is -1.14. The highest BCUT2D eigenvalue weighted by Gasteiger charge is 2.43. The highest BCUT2D eigenvalue weighted by molar-refractivity contribution is 7.91. The second-order valence-electron chi connectivity index (χ2n) is 6.61. The van der Waals surface area contributed by atoms with Crippen LogP contribution in [0.1, 0.15) is 5.82 Å². The summed E-state index contributed by atoms with van der Waals surface area (Å²) < 4.78 is 25.7. The number of rotatable bonds is 5. The van der Waals surface area contributed by atoms with Crippen LogP contribution >= 0.6 is 0 Å². The highest BCUT2D eigenvalue weighted by atomic mass is 32.2. The van der Waals surface area contributed by atoms with E-state index >= 15 is 0 Å². The van der Waals surface area contributed by atoms with Crippen LogP contribution in [0.3, 0.4) is 0 Å². The minimum Gasteiger partial charge on any atom is -0.354 e. The molecule has 11 heteroatoms. The van der Waals surface area contributed by atoms with Crippen molar-refractivity contribution in [1.82, 2.24) is 30.0 Å². The van der Waals surface area contributed by atoms with Crippen LogP contribution in [0.2, 0.25) is 0 Å². The van der Waals surface area contributed by atoms with E-state index in [0.29, 0.717) is 18.9 Å². The summed E-state index contributed by atoms with van der Waals surface area (Å²) in [6.07, 6.45) is 3.94. The minimum absolute atomic E-state index is 0.0314. The van der Waals surface area contributed by atoms with Gasteiger partial charge >= 0.3 is 0 Å². The monoisotopic (exact) mass is 378 g/mol. The number of nitrogens with zero attached hydrogens (tertiary/aromatic N) is 6. The van der Waals surface area contributed by atoms with Gasteiger partial charge in [0.2, 0.25) is 5.95 Å². The third-order valence-corrected chi connectivity index (χ3v) is 6.57. The molecule has 0 spiro atoms. The lowest BCUT2D eigenvalue weighted by atomic mass is 10.1. The summed E-state index contributed by atoms with van der Waals surface area (Å²) in [6.45, 7) is 2.11. The zero-order chi connectivity index (χ0) is 18.1. The van der Waals surface area contributed by atoms with E-state index in [0.717, 1.165) is 24.7 Å². The summed E-state index contributed by atoms with van der Waals surface area (Å²) in [5.74, 6) is 2.54. The van der Waals surface area contributed by atoms with Crippen LogP contribution < -0.4 is 15.5 Å². The molecule has 2 aromatic rings. The van der Waals surface area contributed by atoms with Crippen LogP contribution in [0.4, 0.5) is 11.8 Å². The first kappa shape index (κ1) is 17.2. The molecule has 2 saturated heterocycles. The molecule has 4 rings (SSSR count). The van der Waals surface area contributed by atoms with Gasteiger partial charge in [0.1, 0.15) is 18.0 Å². The molecular formula is C15H22N8O2S. The second-order valence-corrected chi connectivity index (χ2v) is 8.77. The van der Waals surface area contributed by atoms with Gasteiger partial charge in [0, 0.05) is 45.3 Å². The zero-order valence-corrected chi connectivity index (χ0v) is 15.4. The third-order valence-electron chi connectivity index (χ3n) is 4.85. The molecule has 0 amide bonds. The van der Waals surface area contributed by atoms with Gasteiger partial charge in [-0.15, -0.1) is 0 Å². The van der Waals surface area contributed by atoms with Crippen molar-refractivity contribution in [2.75, 3.05) is 41.4 Å². The van der Waals surface area contributed by atoms with Crippen LogP contribution in [0, 0.1) is 0 Å². The van der Waals surface area contributed by atoms with Gasteiger partial charge in [-0.3, -0.25) is 4.68 Å². The fourth-order valence-corrected chi connectivity index (χ4v) is 5.53. The number of fused-ring (bicyclic) bond motifs is 1. The van der Waals surface area contributed by atoms with Crippen molar-refractivity contribution >= 4 is 21.6 Å². The molecule has 2 aromatic heterocycles. The van der Waals surface area contributed by atoms with Crippen LogP contribution in [0.5, 0.6) is 0 Å². The van der Waals surface area contributed by atoms with E-state index in [2.05, 4.69) is 35.6 Å². The summed E-state index contributed by atoms with van der Waals surface area (Å²) in [5, 5.41) is 10.6. The van der Waals surface area contributed by atoms with Gasteiger partial charge in [0.25, 0.3) is 0 Å². The number of aromatic nitrogens is 5. The molecule has 140 valence electrons. The van der Waals surface area contributed by atoms with Gasteiger partial charge in [-0.2, -0.15) is 10.1 Å². The predicted octanol–water partition coefficient (Wildman–Crippen LogP) is -1.17. The molecule has 0 bridgehead atoms. The Morgan fingerprint density at radius 2 is 2.23 bits per heavy atom.